The van der Waals surface area contributed by atoms with Crippen molar-refractivity contribution in [1.82, 2.24) is 0 Å². The van der Waals surface area contributed by atoms with Crippen LogP contribution in [0.1, 0.15) is 25.3 Å². The third kappa shape index (κ3) is 1.40. The van der Waals surface area contributed by atoms with E-state index in [0.717, 1.165) is 18.4 Å². The van der Waals surface area contributed by atoms with E-state index in [9.17, 15) is 4.39 Å². The molecule has 2 N–H and O–H groups in total. The molecule has 0 amide bonds. The predicted molar refractivity (Wildman–Crippen MR) is 63.6 cm³/mol. The largest absolute Gasteiger partial charge is 0.493 e. The van der Waals surface area contributed by atoms with Gasteiger partial charge in [-0.1, -0.05) is 0 Å². The summed E-state index contributed by atoms with van der Waals surface area (Å²) in [5.41, 5.74) is 6.54. The zero-order valence-corrected chi connectivity index (χ0v) is 10.5. The molecule has 1 aromatic carbocycles. The second-order valence-electron chi connectivity index (χ2n) is 4.95. The van der Waals surface area contributed by atoms with Crippen molar-refractivity contribution in [1.29, 1.82) is 0 Å². The van der Waals surface area contributed by atoms with Gasteiger partial charge in [-0.3, -0.25) is 0 Å². The Balaban J connectivity index is 2.24. The molecule has 1 unspecified atom stereocenters. The Bertz CT molecular complexity index is 494. The number of ether oxygens (including phenoxy) is 3. The normalized spacial score (nSPS) is 20.7. The van der Waals surface area contributed by atoms with Gasteiger partial charge in [0.2, 0.25) is 6.79 Å². The first-order valence-electron chi connectivity index (χ1n) is 6.02. The van der Waals surface area contributed by atoms with Crippen LogP contribution in [0.25, 0.3) is 0 Å². The van der Waals surface area contributed by atoms with Crippen LogP contribution >= 0.6 is 0 Å². The Hall–Kier alpha value is -1.49. The molecule has 2 aliphatic rings. The van der Waals surface area contributed by atoms with Crippen molar-refractivity contribution >= 4 is 0 Å². The molecule has 1 heterocycles. The molecule has 1 fully saturated rings. The molecule has 0 bridgehead atoms. The van der Waals surface area contributed by atoms with Crippen molar-refractivity contribution in [3.05, 3.63) is 17.4 Å². The molecule has 1 aliphatic carbocycles. The SMILES string of the molecule is COc1c(F)cc2c(c1C1(C(C)N)CC1)OCO2. The summed E-state index contributed by atoms with van der Waals surface area (Å²) >= 11 is 0. The van der Waals surface area contributed by atoms with Crippen LogP contribution in [0.15, 0.2) is 6.07 Å². The lowest BCUT2D eigenvalue weighted by Gasteiger charge is -2.24. The fourth-order valence-corrected chi connectivity index (χ4v) is 2.71. The number of benzene rings is 1. The molecular weight excluding hydrogens is 237 g/mol. The summed E-state index contributed by atoms with van der Waals surface area (Å²) in [6, 6.07) is 1.23. The fourth-order valence-electron chi connectivity index (χ4n) is 2.71. The van der Waals surface area contributed by atoms with Crippen LogP contribution in [-0.2, 0) is 5.41 Å². The minimum atomic E-state index is -0.427. The minimum absolute atomic E-state index is 0.0819. The minimum Gasteiger partial charge on any atom is -0.493 e. The Labute approximate surface area is 105 Å². The lowest BCUT2D eigenvalue weighted by atomic mass is 9.87. The maximum atomic E-state index is 14.0. The highest BCUT2D eigenvalue weighted by atomic mass is 19.1. The quantitative estimate of drug-likeness (QED) is 0.894. The van der Waals surface area contributed by atoms with E-state index in [1.54, 1.807) is 0 Å². The van der Waals surface area contributed by atoms with Gasteiger partial charge in [0.15, 0.2) is 23.1 Å². The summed E-state index contributed by atoms with van der Waals surface area (Å²) in [5, 5.41) is 0. The molecule has 3 rings (SSSR count). The predicted octanol–water partition coefficient (Wildman–Crippen LogP) is 1.94. The highest BCUT2D eigenvalue weighted by Gasteiger charge is 2.52. The third-order valence-corrected chi connectivity index (χ3v) is 3.93. The van der Waals surface area contributed by atoms with Crippen molar-refractivity contribution in [3.8, 4) is 17.2 Å². The van der Waals surface area contributed by atoms with Gasteiger partial charge in [-0.25, -0.2) is 4.39 Å². The van der Waals surface area contributed by atoms with Gasteiger partial charge in [-0.15, -0.1) is 0 Å². The van der Waals surface area contributed by atoms with E-state index in [1.807, 2.05) is 6.92 Å². The van der Waals surface area contributed by atoms with Crippen LogP contribution in [0.4, 0.5) is 4.39 Å². The zero-order chi connectivity index (χ0) is 12.9. The van der Waals surface area contributed by atoms with E-state index in [-0.39, 0.29) is 24.0 Å². The van der Waals surface area contributed by atoms with E-state index in [0.29, 0.717) is 11.5 Å². The van der Waals surface area contributed by atoms with Crippen molar-refractivity contribution < 1.29 is 18.6 Å². The van der Waals surface area contributed by atoms with E-state index in [1.165, 1.54) is 13.2 Å². The van der Waals surface area contributed by atoms with Gasteiger partial charge in [-0.2, -0.15) is 0 Å². The monoisotopic (exact) mass is 253 g/mol. The summed E-state index contributed by atoms with van der Waals surface area (Å²) in [6.07, 6.45) is 1.83. The second-order valence-corrected chi connectivity index (χ2v) is 4.95. The summed E-state index contributed by atoms with van der Waals surface area (Å²) in [7, 11) is 1.46. The molecule has 4 nitrogen and oxygen atoms in total. The molecular formula is C13H16FNO3. The number of fused-ring (bicyclic) bond motifs is 1. The average molecular weight is 253 g/mol. The summed E-state index contributed by atoms with van der Waals surface area (Å²) < 4.78 is 30.0. The van der Waals surface area contributed by atoms with E-state index in [2.05, 4.69) is 0 Å². The van der Waals surface area contributed by atoms with Crippen LogP contribution in [0.2, 0.25) is 0 Å². The van der Waals surface area contributed by atoms with Crippen molar-refractivity contribution in [3.63, 3.8) is 0 Å². The molecule has 1 aromatic rings. The van der Waals surface area contributed by atoms with Crippen LogP contribution < -0.4 is 19.9 Å². The number of hydrogen-bond acceptors (Lipinski definition) is 4. The van der Waals surface area contributed by atoms with Crippen LogP contribution in [0.5, 0.6) is 17.2 Å². The van der Waals surface area contributed by atoms with Crippen LogP contribution in [-0.4, -0.2) is 19.9 Å². The first kappa shape index (κ1) is 11.6. The van der Waals surface area contributed by atoms with Gasteiger partial charge < -0.3 is 19.9 Å². The van der Waals surface area contributed by atoms with E-state index >= 15 is 0 Å². The molecule has 0 radical (unpaired) electrons. The van der Waals surface area contributed by atoms with Gasteiger partial charge >= 0.3 is 0 Å². The number of rotatable bonds is 3. The van der Waals surface area contributed by atoms with Crippen molar-refractivity contribution in [2.75, 3.05) is 13.9 Å². The van der Waals surface area contributed by atoms with Crippen molar-refractivity contribution in [2.45, 2.75) is 31.2 Å². The Kier molecular flexibility index (Phi) is 2.41. The molecule has 0 aromatic heterocycles. The topological polar surface area (TPSA) is 53.7 Å². The lowest BCUT2D eigenvalue weighted by Crippen LogP contribution is -2.32. The van der Waals surface area contributed by atoms with Gasteiger partial charge in [0.1, 0.15) is 0 Å². The fraction of sp³-hybridized carbons (Fsp3) is 0.538. The van der Waals surface area contributed by atoms with Crippen LogP contribution in [0, 0.1) is 5.82 Å². The molecule has 0 spiro atoms. The number of hydrogen-bond donors (Lipinski definition) is 1. The smallest absolute Gasteiger partial charge is 0.231 e. The molecule has 0 saturated heterocycles. The summed E-state index contributed by atoms with van der Waals surface area (Å²) in [5.74, 6) is 0.830. The molecule has 5 heteroatoms. The third-order valence-electron chi connectivity index (χ3n) is 3.93. The molecule has 1 saturated carbocycles. The molecule has 1 atom stereocenters. The van der Waals surface area contributed by atoms with E-state index < -0.39 is 5.82 Å². The van der Waals surface area contributed by atoms with E-state index in [4.69, 9.17) is 19.9 Å². The molecule has 18 heavy (non-hydrogen) atoms. The average Bonchev–Trinajstić information content (AvgIpc) is 3.01. The Morgan fingerprint density at radius 3 is 2.72 bits per heavy atom. The first-order chi connectivity index (χ1) is 8.60. The van der Waals surface area contributed by atoms with Crippen molar-refractivity contribution in [2.24, 2.45) is 5.73 Å². The van der Waals surface area contributed by atoms with Crippen LogP contribution in [0.3, 0.4) is 0 Å². The zero-order valence-electron chi connectivity index (χ0n) is 10.5. The lowest BCUT2D eigenvalue weighted by molar-refractivity contribution is 0.172. The maximum absolute atomic E-state index is 14.0. The van der Waals surface area contributed by atoms with Gasteiger partial charge in [0.25, 0.3) is 0 Å². The number of halogens is 1. The standard InChI is InChI=1S/C13H16FNO3/c1-7(15)13(3-4-13)10-11(16-2)8(14)5-9-12(10)18-6-17-9/h5,7H,3-4,6,15H2,1-2H3. The second kappa shape index (κ2) is 3.75. The first-order valence-corrected chi connectivity index (χ1v) is 6.02. The highest BCUT2D eigenvalue weighted by Crippen LogP contribution is 2.59. The Morgan fingerprint density at radius 2 is 2.17 bits per heavy atom. The number of methoxy groups -OCH3 is 1. The molecule has 1 aliphatic heterocycles. The Morgan fingerprint density at radius 1 is 1.44 bits per heavy atom. The maximum Gasteiger partial charge on any atom is 0.231 e. The highest BCUT2D eigenvalue weighted by molar-refractivity contribution is 5.61. The summed E-state index contributed by atoms with van der Waals surface area (Å²) in [4.78, 5) is 0. The van der Waals surface area contributed by atoms with Gasteiger partial charge in [-0.05, 0) is 19.8 Å². The van der Waals surface area contributed by atoms with Gasteiger partial charge in [0.05, 0.1) is 12.7 Å². The number of nitrogens with two attached hydrogens (primary N) is 1. The molecule has 98 valence electrons. The van der Waals surface area contributed by atoms with Gasteiger partial charge in [0, 0.05) is 17.5 Å². The summed E-state index contributed by atoms with van der Waals surface area (Å²) in [6.45, 7) is 2.05.